The van der Waals surface area contributed by atoms with Gasteiger partial charge in [0.1, 0.15) is 20.7 Å². The topological polar surface area (TPSA) is 38.8 Å². The van der Waals surface area contributed by atoms with Crippen molar-refractivity contribution in [2.45, 2.75) is 78.1 Å². The Morgan fingerprint density at radius 3 is 2.24 bits per heavy atom. The van der Waals surface area contributed by atoms with E-state index in [0.717, 1.165) is 16.8 Å². The third kappa shape index (κ3) is 7.47. The van der Waals surface area contributed by atoms with E-state index in [2.05, 4.69) is 84.0 Å². The predicted octanol–water partition coefficient (Wildman–Crippen LogP) is 8.13. The number of carbonyl (C=O) groups is 1. The number of anilines is 1. The number of rotatable bonds is 6. The molecule has 0 saturated carbocycles. The minimum absolute atomic E-state index is 0.149. The molecule has 0 fully saturated rings. The summed E-state index contributed by atoms with van der Waals surface area (Å²) in [7, 11) is -3.56. The van der Waals surface area contributed by atoms with Crippen molar-refractivity contribution in [1.82, 2.24) is 0 Å². The summed E-state index contributed by atoms with van der Waals surface area (Å²) in [6.07, 6.45) is 1.77. The van der Waals surface area contributed by atoms with Crippen molar-refractivity contribution >= 4 is 33.7 Å². The Hall–Kier alpha value is -2.60. The summed E-state index contributed by atoms with van der Waals surface area (Å²) in [5, 5.41) is 0.149. The van der Waals surface area contributed by atoms with E-state index >= 15 is 0 Å². The SMILES string of the molecule is C[C@H](CO[Si](C)(C)C(C)(C)C)C1=C[C@@H](C#C[Si](C)(C)C)N(C(=O)OCc2ccccc2)c2ccccc21. The molecule has 1 aliphatic rings. The maximum absolute atomic E-state index is 13.5. The zero-order chi connectivity index (χ0) is 27.4. The van der Waals surface area contributed by atoms with Gasteiger partial charge in [-0.05, 0) is 41.4 Å². The molecule has 2 aromatic rings. The largest absolute Gasteiger partial charge is 0.444 e. The third-order valence-corrected chi connectivity index (χ3v) is 12.5. The summed E-state index contributed by atoms with van der Waals surface area (Å²) in [5.41, 5.74) is 7.50. The van der Waals surface area contributed by atoms with Gasteiger partial charge in [0.2, 0.25) is 0 Å². The van der Waals surface area contributed by atoms with Crippen LogP contribution >= 0.6 is 0 Å². The number of para-hydroxylation sites is 1. The molecule has 4 nitrogen and oxygen atoms in total. The number of ether oxygens (including phenoxy) is 1. The van der Waals surface area contributed by atoms with Gasteiger partial charge in [0.15, 0.2) is 8.32 Å². The van der Waals surface area contributed by atoms with Crippen LogP contribution in [0.15, 0.2) is 60.7 Å². The van der Waals surface area contributed by atoms with E-state index in [9.17, 15) is 4.79 Å². The lowest BCUT2D eigenvalue weighted by Gasteiger charge is -2.38. The minimum Gasteiger partial charge on any atom is -0.444 e. The van der Waals surface area contributed by atoms with Gasteiger partial charge in [-0.15, -0.1) is 5.54 Å². The lowest BCUT2D eigenvalue weighted by Crippen LogP contribution is -2.43. The van der Waals surface area contributed by atoms with E-state index < -0.39 is 22.4 Å². The molecule has 37 heavy (non-hydrogen) atoms. The average Bonchev–Trinajstić information content (AvgIpc) is 2.83. The molecule has 1 heterocycles. The molecule has 2 aromatic carbocycles. The molecule has 0 radical (unpaired) electrons. The Labute approximate surface area is 226 Å². The van der Waals surface area contributed by atoms with Crippen LogP contribution in [-0.2, 0) is 15.8 Å². The Morgan fingerprint density at radius 2 is 1.62 bits per heavy atom. The molecule has 0 spiro atoms. The van der Waals surface area contributed by atoms with E-state index in [0.29, 0.717) is 6.61 Å². The van der Waals surface area contributed by atoms with Crippen molar-refractivity contribution in [2.24, 2.45) is 5.92 Å². The molecule has 0 saturated heterocycles. The number of benzene rings is 2. The van der Waals surface area contributed by atoms with Gasteiger partial charge in [-0.3, -0.25) is 4.90 Å². The number of carbonyl (C=O) groups excluding carboxylic acids is 1. The van der Waals surface area contributed by atoms with Gasteiger partial charge in [0.05, 0.1) is 5.69 Å². The van der Waals surface area contributed by atoms with E-state index in [1.807, 2.05) is 48.5 Å². The van der Waals surface area contributed by atoms with Gasteiger partial charge < -0.3 is 9.16 Å². The summed E-state index contributed by atoms with van der Waals surface area (Å²) < 4.78 is 12.4. The molecule has 1 aliphatic heterocycles. The second-order valence-corrected chi connectivity index (χ2v) is 22.0. The first-order valence-electron chi connectivity index (χ1n) is 13.2. The molecule has 0 aromatic heterocycles. The van der Waals surface area contributed by atoms with Gasteiger partial charge in [-0.25, -0.2) is 4.79 Å². The van der Waals surface area contributed by atoms with Crippen LogP contribution in [0.25, 0.3) is 5.57 Å². The first-order chi connectivity index (χ1) is 17.2. The Bertz CT molecular complexity index is 1180. The van der Waals surface area contributed by atoms with Crippen molar-refractivity contribution in [3.63, 3.8) is 0 Å². The highest BCUT2D eigenvalue weighted by Crippen LogP contribution is 2.41. The number of amides is 1. The van der Waals surface area contributed by atoms with Crippen LogP contribution < -0.4 is 4.90 Å². The Balaban J connectivity index is 1.96. The molecular weight excluding hydrogens is 491 g/mol. The monoisotopic (exact) mass is 533 g/mol. The number of hydrogen-bond donors (Lipinski definition) is 0. The molecular formula is C31H43NO3Si2. The van der Waals surface area contributed by atoms with E-state index in [1.165, 1.54) is 5.57 Å². The van der Waals surface area contributed by atoms with Gasteiger partial charge in [-0.1, -0.05) is 102 Å². The lowest BCUT2D eigenvalue weighted by atomic mass is 9.88. The van der Waals surface area contributed by atoms with Gasteiger partial charge in [-0.2, -0.15) is 0 Å². The Morgan fingerprint density at radius 1 is 1.00 bits per heavy atom. The second kappa shape index (κ2) is 11.4. The fourth-order valence-electron chi connectivity index (χ4n) is 3.88. The highest BCUT2D eigenvalue weighted by Gasteiger charge is 2.38. The van der Waals surface area contributed by atoms with Crippen LogP contribution in [0, 0.1) is 17.4 Å². The second-order valence-electron chi connectivity index (χ2n) is 12.5. The molecule has 0 bridgehead atoms. The molecule has 6 heteroatoms. The normalized spacial score (nSPS) is 16.7. The van der Waals surface area contributed by atoms with Crippen LogP contribution in [0.2, 0.25) is 37.8 Å². The number of fused-ring (bicyclic) bond motifs is 1. The first kappa shape index (κ1) is 29.0. The van der Waals surface area contributed by atoms with Gasteiger partial charge in [0, 0.05) is 18.1 Å². The Kier molecular flexibility index (Phi) is 8.95. The molecule has 0 unspecified atom stereocenters. The zero-order valence-electron chi connectivity index (χ0n) is 24.0. The highest BCUT2D eigenvalue weighted by molar-refractivity contribution is 6.83. The molecule has 0 N–H and O–H groups in total. The first-order valence-corrected chi connectivity index (χ1v) is 19.6. The summed E-state index contributed by atoms with van der Waals surface area (Å²) >= 11 is 0. The van der Waals surface area contributed by atoms with Crippen LogP contribution in [0.5, 0.6) is 0 Å². The maximum atomic E-state index is 13.5. The fraction of sp³-hybridized carbons (Fsp3) is 0.452. The van der Waals surface area contributed by atoms with Gasteiger partial charge >= 0.3 is 6.09 Å². The minimum atomic E-state index is -1.89. The summed E-state index contributed by atoms with van der Waals surface area (Å²) in [4.78, 5) is 15.2. The van der Waals surface area contributed by atoms with E-state index in [-0.39, 0.29) is 23.7 Å². The quantitative estimate of drug-likeness (QED) is 0.278. The van der Waals surface area contributed by atoms with Gasteiger partial charge in [0.25, 0.3) is 0 Å². The number of hydrogen-bond acceptors (Lipinski definition) is 3. The molecule has 0 aliphatic carbocycles. The highest BCUT2D eigenvalue weighted by atomic mass is 28.4. The smallest absolute Gasteiger partial charge is 0.415 e. The van der Waals surface area contributed by atoms with Crippen molar-refractivity contribution in [3.05, 3.63) is 71.8 Å². The molecule has 3 rings (SSSR count). The van der Waals surface area contributed by atoms with E-state index in [4.69, 9.17) is 9.16 Å². The summed E-state index contributed by atoms with van der Waals surface area (Å²) in [6, 6.07) is 17.5. The summed E-state index contributed by atoms with van der Waals surface area (Å²) in [5.74, 6) is 3.60. The lowest BCUT2D eigenvalue weighted by molar-refractivity contribution is 0.146. The maximum Gasteiger partial charge on any atom is 0.415 e. The van der Waals surface area contributed by atoms with Crippen molar-refractivity contribution in [1.29, 1.82) is 0 Å². The third-order valence-electron chi connectivity index (χ3n) is 7.12. The molecule has 1 amide bonds. The van der Waals surface area contributed by atoms with Crippen LogP contribution in [0.1, 0.15) is 38.8 Å². The predicted molar refractivity (Wildman–Crippen MR) is 161 cm³/mol. The molecule has 198 valence electrons. The average molecular weight is 534 g/mol. The zero-order valence-corrected chi connectivity index (χ0v) is 26.0. The van der Waals surface area contributed by atoms with E-state index in [1.54, 1.807) is 4.90 Å². The standard InChI is InChI=1S/C31H43NO3Si2/c1-24(22-35-37(8,9)31(2,3)4)28-21-26(19-20-36(5,6)7)32(29-18-14-13-17-27(28)29)30(33)34-23-25-15-11-10-12-16-25/h10-18,21,24,26H,22-23H2,1-9H3/t24-,26-/m1/s1. The van der Waals surface area contributed by atoms with Crippen molar-refractivity contribution < 1.29 is 14.0 Å². The summed E-state index contributed by atoms with van der Waals surface area (Å²) in [6.45, 7) is 21.1. The van der Waals surface area contributed by atoms with Crippen molar-refractivity contribution in [2.75, 3.05) is 11.5 Å². The van der Waals surface area contributed by atoms with Crippen molar-refractivity contribution in [3.8, 4) is 11.5 Å². The molecule has 2 atom stereocenters. The van der Waals surface area contributed by atoms with Crippen LogP contribution in [-0.4, -0.2) is 35.1 Å². The van der Waals surface area contributed by atoms with Crippen LogP contribution in [0.3, 0.4) is 0 Å². The van der Waals surface area contributed by atoms with Crippen LogP contribution in [0.4, 0.5) is 10.5 Å². The number of nitrogens with zero attached hydrogens (tertiary/aromatic N) is 1. The fourth-order valence-corrected chi connectivity index (χ4v) is 5.56.